The fourth-order valence-corrected chi connectivity index (χ4v) is 2.18. The third-order valence-corrected chi connectivity index (χ3v) is 3.61. The molecular formula is C12H24O6. The van der Waals surface area contributed by atoms with Gasteiger partial charge in [-0.15, -0.1) is 0 Å². The summed E-state index contributed by atoms with van der Waals surface area (Å²) in [5.74, 6) is 0. The summed E-state index contributed by atoms with van der Waals surface area (Å²) in [6.07, 6.45) is -4.79. The second-order valence-electron chi connectivity index (χ2n) is 5.14. The fraction of sp³-hybridized carbons (Fsp3) is 1.00. The maximum atomic E-state index is 9.63. The average Bonchev–Trinajstić information content (AvgIpc) is 2.36. The Bertz CT molecular complexity index is 175. The zero-order valence-electron chi connectivity index (χ0n) is 10.4. The van der Waals surface area contributed by atoms with Crippen LogP contribution in [0.3, 0.4) is 0 Å². The van der Waals surface area contributed by atoms with E-state index in [1.807, 2.05) is 0 Å². The first kappa shape index (κ1) is 15.8. The van der Waals surface area contributed by atoms with Gasteiger partial charge >= 0.3 is 0 Å². The van der Waals surface area contributed by atoms with E-state index in [4.69, 9.17) is 0 Å². The van der Waals surface area contributed by atoms with E-state index < -0.39 is 36.6 Å². The zero-order chi connectivity index (χ0) is 13.7. The molecule has 6 nitrogen and oxygen atoms in total. The van der Waals surface area contributed by atoms with Crippen LogP contribution in [0.5, 0.6) is 0 Å². The molecule has 108 valence electrons. The first-order valence-electron chi connectivity index (χ1n) is 6.50. The second-order valence-corrected chi connectivity index (χ2v) is 5.14. The highest BCUT2D eigenvalue weighted by atomic mass is 16.3. The Hall–Kier alpha value is -0.240. The van der Waals surface area contributed by atoms with Gasteiger partial charge in [-0.05, 0) is 38.5 Å². The number of hydrogen-bond acceptors (Lipinski definition) is 6. The van der Waals surface area contributed by atoms with Gasteiger partial charge in [-0.2, -0.15) is 0 Å². The van der Waals surface area contributed by atoms with E-state index in [0.29, 0.717) is 0 Å². The molecule has 0 heterocycles. The minimum Gasteiger partial charge on any atom is -0.390 e. The van der Waals surface area contributed by atoms with Crippen molar-refractivity contribution in [2.45, 2.75) is 75.1 Å². The van der Waals surface area contributed by atoms with E-state index >= 15 is 0 Å². The molecular weight excluding hydrogens is 240 g/mol. The van der Waals surface area contributed by atoms with Crippen molar-refractivity contribution in [3.05, 3.63) is 0 Å². The number of hydrogen-bond donors (Lipinski definition) is 6. The number of aliphatic hydroxyl groups excluding tert-OH is 6. The summed E-state index contributed by atoms with van der Waals surface area (Å²) in [5, 5.41) is 57.8. The van der Waals surface area contributed by atoms with E-state index in [2.05, 4.69) is 0 Å². The maximum absolute atomic E-state index is 9.63. The third-order valence-electron chi connectivity index (χ3n) is 3.61. The molecule has 0 aromatic carbocycles. The Balaban J connectivity index is 2.61. The summed E-state index contributed by atoms with van der Waals surface area (Å²) in [4.78, 5) is 0. The monoisotopic (exact) mass is 264 g/mol. The van der Waals surface area contributed by atoms with E-state index in [1.165, 1.54) is 0 Å². The molecule has 6 atom stereocenters. The predicted octanol–water partition coefficient (Wildman–Crippen LogP) is -1.49. The van der Waals surface area contributed by atoms with Crippen molar-refractivity contribution in [2.75, 3.05) is 0 Å². The molecule has 0 radical (unpaired) electrons. The van der Waals surface area contributed by atoms with Crippen molar-refractivity contribution in [2.24, 2.45) is 0 Å². The largest absolute Gasteiger partial charge is 0.390 e. The van der Waals surface area contributed by atoms with Gasteiger partial charge in [-0.3, -0.25) is 0 Å². The lowest BCUT2D eigenvalue weighted by atomic mass is 9.93. The van der Waals surface area contributed by atoms with Crippen molar-refractivity contribution >= 4 is 0 Å². The molecule has 0 amide bonds. The highest BCUT2D eigenvalue weighted by Crippen LogP contribution is 2.19. The minimum atomic E-state index is -0.990. The Morgan fingerprint density at radius 1 is 0.333 bits per heavy atom. The lowest BCUT2D eigenvalue weighted by molar-refractivity contribution is -0.0519. The molecule has 1 aliphatic carbocycles. The summed E-state index contributed by atoms with van der Waals surface area (Å²) in [5.41, 5.74) is 0. The smallest absolute Gasteiger partial charge is 0.0800 e. The Morgan fingerprint density at radius 2 is 0.444 bits per heavy atom. The van der Waals surface area contributed by atoms with Crippen LogP contribution in [-0.4, -0.2) is 67.3 Å². The summed E-state index contributed by atoms with van der Waals surface area (Å²) in [7, 11) is 0. The van der Waals surface area contributed by atoms with Crippen LogP contribution in [0.25, 0.3) is 0 Å². The molecule has 6 heteroatoms. The van der Waals surface area contributed by atoms with E-state index in [9.17, 15) is 30.6 Å². The Labute approximate surface area is 107 Å². The van der Waals surface area contributed by atoms with Gasteiger partial charge in [0, 0.05) is 0 Å². The van der Waals surface area contributed by atoms with Gasteiger partial charge in [0.05, 0.1) is 36.6 Å². The quantitative estimate of drug-likeness (QED) is 0.317. The topological polar surface area (TPSA) is 121 Å². The van der Waals surface area contributed by atoms with Crippen LogP contribution in [0.1, 0.15) is 38.5 Å². The lowest BCUT2D eigenvalue weighted by Crippen LogP contribution is -2.35. The van der Waals surface area contributed by atoms with E-state index in [1.54, 1.807) is 0 Å². The van der Waals surface area contributed by atoms with Gasteiger partial charge in [0.25, 0.3) is 0 Å². The molecule has 0 aromatic heterocycles. The maximum Gasteiger partial charge on any atom is 0.0800 e. The first-order chi connectivity index (χ1) is 8.41. The van der Waals surface area contributed by atoms with E-state index in [0.717, 1.165) is 0 Å². The standard InChI is InChI=1S/C12H24O6/c13-7-1-2-8(14)10(16)5-6-12(18)11(17)4-3-9(7)15/h7-18H,1-6H2. The van der Waals surface area contributed by atoms with Crippen LogP contribution in [0.15, 0.2) is 0 Å². The number of aliphatic hydroxyl groups is 6. The van der Waals surface area contributed by atoms with Crippen LogP contribution < -0.4 is 0 Å². The normalized spacial score (nSPS) is 45.0. The van der Waals surface area contributed by atoms with Gasteiger partial charge < -0.3 is 30.6 Å². The molecule has 0 aromatic rings. The Kier molecular flexibility index (Phi) is 6.48. The zero-order valence-corrected chi connectivity index (χ0v) is 10.4. The van der Waals surface area contributed by atoms with Gasteiger partial charge in [-0.1, -0.05) is 0 Å². The predicted molar refractivity (Wildman–Crippen MR) is 63.7 cm³/mol. The lowest BCUT2D eigenvalue weighted by Gasteiger charge is -2.26. The number of rotatable bonds is 0. The summed E-state index contributed by atoms with van der Waals surface area (Å²) in [6.45, 7) is 0. The molecule has 1 fully saturated rings. The third kappa shape index (κ3) is 4.79. The summed E-state index contributed by atoms with van der Waals surface area (Å²) >= 11 is 0. The molecule has 0 aliphatic heterocycles. The molecule has 0 saturated heterocycles. The highest BCUT2D eigenvalue weighted by molar-refractivity contribution is 4.78. The molecule has 0 bridgehead atoms. The van der Waals surface area contributed by atoms with Gasteiger partial charge in [0.15, 0.2) is 0 Å². The van der Waals surface area contributed by atoms with Crippen molar-refractivity contribution in [3.63, 3.8) is 0 Å². The van der Waals surface area contributed by atoms with Crippen molar-refractivity contribution < 1.29 is 30.6 Å². The van der Waals surface area contributed by atoms with Gasteiger partial charge in [0.1, 0.15) is 0 Å². The van der Waals surface area contributed by atoms with Gasteiger partial charge in [-0.25, -0.2) is 0 Å². The average molecular weight is 264 g/mol. The first-order valence-corrected chi connectivity index (χ1v) is 6.50. The van der Waals surface area contributed by atoms with Crippen LogP contribution >= 0.6 is 0 Å². The molecule has 0 spiro atoms. The minimum absolute atomic E-state index is 0.193. The molecule has 18 heavy (non-hydrogen) atoms. The van der Waals surface area contributed by atoms with Gasteiger partial charge in [0.2, 0.25) is 0 Å². The second kappa shape index (κ2) is 7.37. The van der Waals surface area contributed by atoms with E-state index in [-0.39, 0.29) is 38.5 Å². The van der Waals surface area contributed by atoms with Crippen molar-refractivity contribution in [1.82, 2.24) is 0 Å². The molecule has 1 rings (SSSR count). The summed E-state index contributed by atoms with van der Waals surface area (Å²) in [6, 6.07) is 0. The Morgan fingerprint density at radius 3 is 0.556 bits per heavy atom. The van der Waals surface area contributed by atoms with Crippen molar-refractivity contribution in [1.29, 1.82) is 0 Å². The molecule has 1 saturated carbocycles. The SMILES string of the molecule is OC1CCC(O)C(O)CCC(O)C(O)CCC1O. The molecule has 1 aliphatic rings. The molecule has 6 N–H and O–H groups in total. The summed E-state index contributed by atoms with van der Waals surface area (Å²) < 4.78 is 0. The van der Waals surface area contributed by atoms with Crippen LogP contribution in [0.4, 0.5) is 0 Å². The fourth-order valence-electron chi connectivity index (χ4n) is 2.18. The van der Waals surface area contributed by atoms with Crippen LogP contribution in [-0.2, 0) is 0 Å². The van der Waals surface area contributed by atoms with Crippen molar-refractivity contribution in [3.8, 4) is 0 Å². The van der Waals surface area contributed by atoms with Crippen LogP contribution in [0.2, 0.25) is 0 Å². The highest BCUT2D eigenvalue weighted by Gasteiger charge is 2.26. The van der Waals surface area contributed by atoms with Crippen LogP contribution in [0, 0.1) is 0 Å². The molecule has 6 unspecified atom stereocenters.